The van der Waals surface area contributed by atoms with Crippen LogP contribution in [0.3, 0.4) is 0 Å². The van der Waals surface area contributed by atoms with Gasteiger partial charge in [0.1, 0.15) is 0 Å². The molecule has 0 saturated heterocycles. The van der Waals surface area contributed by atoms with E-state index < -0.39 is 0 Å². The van der Waals surface area contributed by atoms with Gasteiger partial charge in [-0.15, -0.1) is 0 Å². The van der Waals surface area contributed by atoms with Gasteiger partial charge in [-0.1, -0.05) is 21.6 Å². The molecule has 0 atom stereocenters. The van der Waals surface area contributed by atoms with Crippen LogP contribution in [0.15, 0.2) is 0 Å². The zero-order valence-electron chi connectivity index (χ0n) is 5.99. The van der Waals surface area contributed by atoms with E-state index in [-0.39, 0.29) is 9.16 Å². The van der Waals surface area contributed by atoms with Crippen LogP contribution in [0.4, 0.5) is 0 Å². The fourth-order valence-electron chi connectivity index (χ4n) is 0.217. The zero-order chi connectivity index (χ0) is 9.40. The molecule has 74 valence electrons. The van der Waals surface area contributed by atoms with Crippen molar-refractivity contribution in [3.05, 3.63) is 0 Å². The van der Waals surface area contributed by atoms with Crippen LogP contribution in [0.2, 0.25) is 0 Å². The Morgan fingerprint density at radius 1 is 0.750 bits per heavy atom. The van der Waals surface area contributed by atoms with Crippen LogP contribution >= 0.6 is 91.8 Å². The Kier molecular flexibility index (Phi) is 12.7. The molecule has 0 aliphatic carbocycles. The summed E-state index contributed by atoms with van der Waals surface area (Å²) in [4.78, 5) is 0. The van der Waals surface area contributed by atoms with Crippen LogP contribution < -0.4 is 0 Å². The lowest BCUT2D eigenvalue weighted by Gasteiger charge is -2.02. The predicted molar refractivity (Wildman–Crippen MR) is 83.6 cm³/mol. The Labute approximate surface area is 111 Å². The highest BCUT2D eigenvalue weighted by Gasteiger charge is 1.99. The highest BCUT2D eigenvalue weighted by atomic mass is 33.7. The van der Waals surface area contributed by atoms with E-state index in [9.17, 15) is 0 Å². The van der Waals surface area contributed by atoms with E-state index >= 15 is 0 Å². The van der Waals surface area contributed by atoms with Crippen molar-refractivity contribution in [3.8, 4) is 0 Å². The summed E-state index contributed by atoms with van der Waals surface area (Å²) in [6, 6.07) is 0. The molecule has 0 aromatic rings. The zero-order valence-corrected chi connectivity index (χ0v) is 12.8. The normalized spacial score (nSPS) is 11.5. The van der Waals surface area contributed by atoms with Gasteiger partial charge in [-0.05, 0) is 19.7 Å². The summed E-state index contributed by atoms with van der Waals surface area (Å²) in [6.45, 7) is 0. The Morgan fingerprint density at radius 3 is 1.33 bits per heavy atom. The van der Waals surface area contributed by atoms with Gasteiger partial charge < -0.3 is 0 Å². The van der Waals surface area contributed by atoms with Gasteiger partial charge in [0, 0.05) is 11.5 Å². The van der Waals surface area contributed by atoms with E-state index in [0.29, 0.717) is 0 Å². The molecular weight excluding hydrogens is 305 g/mol. The summed E-state index contributed by atoms with van der Waals surface area (Å²) in [5, 5.41) is 0. The Balaban J connectivity index is 2.91. The minimum atomic E-state index is 0.176. The highest BCUT2D eigenvalue weighted by molar-refractivity contribution is 9.26. The van der Waals surface area contributed by atoms with Crippen LogP contribution in [0.5, 0.6) is 0 Å². The van der Waals surface area contributed by atoms with Crippen molar-refractivity contribution in [2.75, 3.05) is 11.5 Å². The van der Waals surface area contributed by atoms with E-state index in [1.165, 1.54) is 0 Å². The van der Waals surface area contributed by atoms with E-state index in [1.807, 2.05) is 0 Å². The average Bonchev–Trinajstić information content (AvgIpc) is 1.95. The summed E-state index contributed by atoms with van der Waals surface area (Å²) in [5.41, 5.74) is 0. The molecule has 0 radical (unpaired) electrons. The molecule has 0 bridgehead atoms. The van der Waals surface area contributed by atoms with Gasteiger partial charge in [0.05, 0.1) is 9.16 Å². The summed E-state index contributed by atoms with van der Waals surface area (Å²) in [6.07, 6.45) is 0. The Morgan fingerprint density at radius 2 is 1.08 bits per heavy atom. The molecule has 0 aliphatic heterocycles. The highest BCUT2D eigenvalue weighted by Crippen LogP contribution is 2.44. The summed E-state index contributed by atoms with van der Waals surface area (Å²) in [5.74, 6) is 1.91. The molecular formula is C4H10S8. The Hall–Kier alpha value is 2.80. The third-order valence-electron chi connectivity index (χ3n) is 0.558. The fourth-order valence-corrected chi connectivity index (χ4v) is 7.97. The van der Waals surface area contributed by atoms with Crippen LogP contribution in [-0.2, 0) is 0 Å². The number of rotatable bonds is 7. The van der Waals surface area contributed by atoms with Crippen molar-refractivity contribution >= 4 is 91.8 Å². The molecule has 0 amide bonds. The smallest absolute Gasteiger partial charge is 0.0541 e. The minimum absolute atomic E-state index is 0.176. The second-order valence-corrected chi connectivity index (χ2v) is 11.1. The SMILES string of the molecule is SC(S)CSSSSCC(S)S. The van der Waals surface area contributed by atoms with Crippen molar-refractivity contribution in [1.82, 2.24) is 0 Å². The number of hydrogen-bond donors (Lipinski definition) is 4. The van der Waals surface area contributed by atoms with Crippen molar-refractivity contribution < 1.29 is 0 Å². The second-order valence-electron chi connectivity index (χ2n) is 1.67. The lowest BCUT2D eigenvalue weighted by atomic mass is 10.9. The maximum Gasteiger partial charge on any atom is 0.0541 e. The largest absolute Gasteiger partial charge is 0.164 e. The lowest BCUT2D eigenvalue weighted by Crippen LogP contribution is -1.88. The van der Waals surface area contributed by atoms with Crippen molar-refractivity contribution in [1.29, 1.82) is 0 Å². The number of hydrogen-bond acceptors (Lipinski definition) is 8. The summed E-state index contributed by atoms with van der Waals surface area (Å²) < 4.78 is 0.353. The van der Waals surface area contributed by atoms with Gasteiger partial charge in [-0.3, -0.25) is 0 Å². The maximum atomic E-state index is 4.15. The summed E-state index contributed by atoms with van der Waals surface area (Å²) in [7, 11) is 7.05. The quantitative estimate of drug-likeness (QED) is 0.242. The minimum Gasteiger partial charge on any atom is -0.164 e. The molecule has 0 heterocycles. The molecule has 0 unspecified atom stereocenters. The molecule has 0 rings (SSSR count). The standard InChI is InChI=1S/C4H10S8/c5-3(6)1-9-11-12-10-2-4(7)8/h3-8H,1-2H2. The lowest BCUT2D eigenvalue weighted by molar-refractivity contribution is 1.49. The van der Waals surface area contributed by atoms with E-state index in [1.54, 1.807) is 41.2 Å². The van der Waals surface area contributed by atoms with Crippen LogP contribution in [0.25, 0.3) is 0 Å². The molecule has 0 aromatic heterocycles. The topological polar surface area (TPSA) is 0 Å². The maximum absolute atomic E-state index is 4.15. The second kappa shape index (κ2) is 10.3. The fraction of sp³-hybridized carbons (Fsp3) is 1.00. The first-order valence-electron chi connectivity index (χ1n) is 2.93. The van der Waals surface area contributed by atoms with Crippen LogP contribution in [-0.4, -0.2) is 20.7 Å². The van der Waals surface area contributed by atoms with Gasteiger partial charge >= 0.3 is 0 Å². The molecule has 0 aliphatic rings. The van der Waals surface area contributed by atoms with Crippen molar-refractivity contribution in [3.63, 3.8) is 0 Å². The average molecular weight is 315 g/mol. The number of thiol groups is 4. The monoisotopic (exact) mass is 314 g/mol. The molecule has 0 spiro atoms. The van der Waals surface area contributed by atoms with Gasteiger partial charge in [0.2, 0.25) is 0 Å². The molecule has 0 N–H and O–H groups in total. The predicted octanol–water partition coefficient (Wildman–Crippen LogP) is 4.04. The third kappa shape index (κ3) is 12.8. The van der Waals surface area contributed by atoms with Gasteiger partial charge in [-0.2, -0.15) is 50.5 Å². The molecule has 0 aromatic carbocycles. The molecule has 0 saturated carbocycles. The van der Waals surface area contributed by atoms with Crippen LogP contribution in [0, 0.1) is 0 Å². The first kappa shape index (κ1) is 14.8. The van der Waals surface area contributed by atoms with Crippen molar-refractivity contribution in [2.24, 2.45) is 0 Å². The molecule has 0 fully saturated rings. The molecule has 8 heteroatoms. The third-order valence-corrected chi connectivity index (χ3v) is 8.76. The first-order chi connectivity index (χ1) is 5.63. The molecule has 12 heavy (non-hydrogen) atoms. The molecule has 0 nitrogen and oxygen atoms in total. The summed E-state index contributed by atoms with van der Waals surface area (Å²) >= 11 is 16.6. The van der Waals surface area contributed by atoms with E-state index in [2.05, 4.69) is 50.5 Å². The first-order valence-corrected chi connectivity index (χ1v) is 10.1. The Bertz CT molecular complexity index is 81.1. The van der Waals surface area contributed by atoms with E-state index in [4.69, 9.17) is 0 Å². The van der Waals surface area contributed by atoms with E-state index in [0.717, 1.165) is 11.5 Å². The van der Waals surface area contributed by atoms with Crippen LogP contribution in [0.1, 0.15) is 0 Å². The van der Waals surface area contributed by atoms with Gasteiger partial charge in [-0.25, -0.2) is 0 Å². The van der Waals surface area contributed by atoms with Gasteiger partial charge in [0.15, 0.2) is 0 Å². The van der Waals surface area contributed by atoms with Gasteiger partial charge in [0.25, 0.3) is 0 Å². The van der Waals surface area contributed by atoms with Crippen molar-refractivity contribution in [2.45, 2.75) is 9.16 Å².